The van der Waals surface area contributed by atoms with Crippen molar-refractivity contribution in [3.63, 3.8) is 0 Å². The molecule has 0 bridgehead atoms. The number of likely N-dealkylation sites (tertiary alicyclic amines) is 1. The molecule has 0 radical (unpaired) electrons. The Morgan fingerprint density at radius 3 is 2.48 bits per heavy atom. The zero-order valence-corrected chi connectivity index (χ0v) is 16.8. The molecule has 152 valence electrons. The molecule has 1 N–H and O–H groups in total. The molecule has 2 aromatic rings. The van der Waals surface area contributed by atoms with Crippen molar-refractivity contribution in [2.24, 2.45) is 11.8 Å². The summed E-state index contributed by atoms with van der Waals surface area (Å²) in [6, 6.07) is 10.6. The molecule has 6 heteroatoms. The molecule has 0 spiro atoms. The van der Waals surface area contributed by atoms with E-state index in [0.717, 1.165) is 69.4 Å². The third-order valence-corrected chi connectivity index (χ3v) is 6.64. The molecule has 29 heavy (non-hydrogen) atoms. The van der Waals surface area contributed by atoms with Crippen molar-refractivity contribution >= 4 is 11.8 Å². The molecule has 3 heterocycles. The van der Waals surface area contributed by atoms with E-state index in [1.165, 1.54) is 5.56 Å². The van der Waals surface area contributed by atoms with E-state index in [-0.39, 0.29) is 17.7 Å². The van der Waals surface area contributed by atoms with Crippen LogP contribution in [0.1, 0.15) is 53.0 Å². The van der Waals surface area contributed by atoms with E-state index in [0.29, 0.717) is 18.2 Å². The van der Waals surface area contributed by atoms with Crippen LogP contribution in [-0.4, -0.2) is 51.4 Å². The summed E-state index contributed by atoms with van der Waals surface area (Å²) in [5, 5.41) is 7.42. The highest BCUT2D eigenvalue weighted by molar-refractivity contribution is 5.94. The molecule has 1 saturated heterocycles. The van der Waals surface area contributed by atoms with Gasteiger partial charge >= 0.3 is 0 Å². The van der Waals surface area contributed by atoms with Gasteiger partial charge in [0, 0.05) is 49.8 Å². The summed E-state index contributed by atoms with van der Waals surface area (Å²) in [4.78, 5) is 29.5. The zero-order valence-electron chi connectivity index (χ0n) is 16.8. The fourth-order valence-electron chi connectivity index (χ4n) is 4.69. The number of piperidine rings is 1. The van der Waals surface area contributed by atoms with Crippen LogP contribution in [-0.2, 0) is 24.2 Å². The van der Waals surface area contributed by atoms with Crippen molar-refractivity contribution < 1.29 is 9.59 Å². The Hall–Kier alpha value is -2.63. The Bertz CT molecular complexity index is 895. The van der Waals surface area contributed by atoms with Gasteiger partial charge in [-0.1, -0.05) is 30.3 Å². The van der Waals surface area contributed by atoms with Gasteiger partial charge in [-0.15, -0.1) is 0 Å². The molecule has 1 aromatic carbocycles. The quantitative estimate of drug-likeness (QED) is 0.870. The highest BCUT2D eigenvalue weighted by atomic mass is 16.2. The highest BCUT2D eigenvalue weighted by Gasteiger charge is 2.37. The monoisotopic (exact) mass is 392 g/mol. The highest BCUT2D eigenvalue weighted by Crippen LogP contribution is 2.33. The molecular formula is C23H28N4O2. The fourth-order valence-corrected chi connectivity index (χ4v) is 4.69. The second-order valence-corrected chi connectivity index (χ2v) is 8.74. The van der Waals surface area contributed by atoms with Crippen LogP contribution in [0.5, 0.6) is 0 Å². The molecule has 1 aliphatic carbocycles. The van der Waals surface area contributed by atoms with Crippen molar-refractivity contribution in [2.45, 2.75) is 45.1 Å². The Morgan fingerprint density at radius 1 is 1.00 bits per heavy atom. The lowest BCUT2D eigenvalue weighted by molar-refractivity contribution is -0.133. The van der Waals surface area contributed by atoms with Gasteiger partial charge in [0.25, 0.3) is 5.91 Å². The number of amides is 2. The maximum atomic E-state index is 13.2. The SMILES string of the molecule is O=C(c1n[nH]c2c1CN(C(=O)C1CC1)CC2)N1CCC(Cc2ccccc2)CC1. The van der Waals surface area contributed by atoms with Gasteiger partial charge < -0.3 is 9.80 Å². The van der Waals surface area contributed by atoms with Crippen molar-refractivity contribution in [1.82, 2.24) is 20.0 Å². The second-order valence-electron chi connectivity index (χ2n) is 8.74. The Labute approximate surface area is 171 Å². The first-order valence-corrected chi connectivity index (χ1v) is 10.9. The molecule has 2 amide bonds. The lowest BCUT2D eigenvalue weighted by Gasteiger charge is -2.32. The van der Waals surface area contributed by atoms with E-state index in [1.807, 2.05) is 9.80 Å². The first-order chi connectivity index (χ1) is 14.2. The van der Waals surface area contributed by atoms with Gasteiger partial charge in [-0.05, 0) is 43.6 Å². The summed E-state index contributed by atoms with van der Waals surface area (Å²) >= 11 is 0. The van der Waals surface area contributed by atoms with Crippen LogP contribution in [0.3, 0.4) is 0 Å². The minimum absolute atomic E-state index is 0.0152. The number of H-pyrrole nitrogens is 1. The molecule has 2 aliphatic heterocycles. The molecule has 6 nitrogen and oxygen atoms in total. The first kappa shape index (κ1) is 18.4. The Kier molecular flexibility index (Phi) is 4.86. The van der Waals surface area contributed by atoms with E-state index in [2.05, 4.69) is 40.5 Å². The van der Waals surface area contributed by atoms with Crippen LogP contribution < -0.4 is 0 Å². The van der Waals surface area contributed by atoms with Gasteiger partial charge in [0.15, 0.2) is 5.69 Å². The third kappa shape index (κ3) is 3.80. The molecule has 1 saturated carbocycles. The molecule has 0 unspecified atom stereocenters. The van der Waals surface area contributed by atoms with E-state index in [1.54, 1.807) is 0 Å². The van der Waals surface area contributed by atoms with Crippen LogP contribution in [0, 0.1) is 11.8 Å². The lowest BCUT2D eigenvalue weighted by atomic mass is 9.90. The fraction of sp³-hybridized carbons (Fsp3) is 0.522. The van der Waals surface area contributed by atoms with Crippen molar-refractivity contribution in [2.75, 3.05) is 19.6 Å². The number of aromatic amines is 1. The number of carbonyl (C=O) groups excluding carboxylic acids is 2. The molecule has 0 atom stereocenters. The number of benzene rings is 1. The van der Waals surface area contributed by atoms with Gasteiger partial charge in [0.1, 0.15) is 0 Å². The van der Waals surface area contributed by atoms with Crippen molar-refractivity contribution in [3.8, 4) is 0 Å². The number of rotatable bonds is 4. The number of fused-ring (bicyclic) bond motifs is 1. The Morgan fingerprint density at radius 2 is 1.76 bits per heavy atom. The molecular weight excluding hydrogens is 364 g/mol. The maximum Gasteiger partial charge on any atom is 0.274 e. The topological polar surface area (TPSA) is 69.3 Å². The van der Waals surface area contributed by atoms with Crippen molar-refractivity contribution in [3.05, 3.63) is 52.8 Å². The normalized spacial score (nSPS) is 19.9. The Balaban J connectivity index is 1.22. The average Bonchev–Trinajstić information content (AvgIpc) is 3.53. The van der Waals surface area contributed by atoms with Crippen LogP contribution in [0.2, 0.25) is 0 Å². The predicted molar refractivity (Wildman–Crippen MR) is 109 cm³/mol. The number of aromatic nitrogens is 2. The number of hydrogen-bond donors (Lipinski definition) is 1. The summed E-state index contributed by atoms with van der Waals surface area (Å²) in [5.74, 6) is 1.10. The van der Waals surface area contributed by atoms with Crippen LogP contribution >= 0.6 is 0 Å². The van der Waals surface area contributed by atoms with Crippen molar-refractivity contribution in [1.29, 1.82) is 0 Å². The van der Waals surface area contributed by atoms with E-state index < -0.39 is 0 Å². The largest absolute Gasteiger partial charge is 0.338 e. The molecule has 1 aromatic heterocycles. The number of nitrogens with zero attached hydrogens (tertiary/aromatic N) is 3. The van der Waals surface area contributed by atoms with Gasteiger partial charge in [0.2, 0.25) is 5.91 Å². The second kappa shape index (κ2) is 7.65. The van der Waals surface area contributed by atoms with Gasteiger partial charge in [-0.2, -0.15) is 5.10 Å². The number of hydrogen-bond acceptors (Lipinski definition) is 3. The molecule has 3 aliphatic rings. The third-order valence-electron chi connectivity index (χ3n) is 6.64. The number of carbonyl (C=O) groups is 2. The summed E-state index contributed by atoms with van der Waals surface area (Å²) < 4.78 is 0. The van der Waals surface area contributed by atoms with Crippen LogP contribution in [0.15, 0.2) is 30.3 Å². The zero-order chi connectivity index (χ0) is 19.8. The maximum absolute atomic E-state index is 13.2. The van der Waals surface area contributed by atoms with E-state index >= 15 is 0 Å². The predicted octanol–water partition coefficient (Wildman–Crippen LogP) is 2.80. The lowest BCUT2D eigenvalue weighted by Crippen LogP contribution is -2.41. The summed E-state index contributed by atoms with van der Waals surface area (Å²) in [5.41, 5.74) is 3.85. The first-order valence-electron chi connectivity index (χ1n) is 10.9. The van der Waals surface area contributed by atoms with Gasteiger partial charge in [-0.3, -0.25) is 14.7 Å². The van der Waals surface area contributed by atoms with Gasteiger partial charge in [-0.25, -0.2) is 0 Å². The molecule has 5 rings (SSSR count). The summed E-state index contributed by atoms with van der Waals surface area (Å²) in [7, 11) is 0. The average molecular weight is 393 g/mol. The standard InChI is InChI=1S/C23H28N4O2/c28-22(18-6-7-18)27-13-10-20-19(15-27)21(25-24-20)23(29)26-11-8-17(9-12-26)14-16-4-2-1-3-5-16/h1-5,17-18H,6-15H2,(H,24,25). The van der Waals surface area contributed by atoms with Gasteiger partial charge in [0.05, 0.1) is 0 Å². The summed E-state index contributed by atoms with van der Waals surface area (Å²) in [6.45, 7) is 2.81. The minimum atomic E-state index is 0.0152. The van der Waals surface area contributed by atoms with E-state index in [4.69, 9.17) is 0 Å². The van der Waals surface area contributed by atoms with E-state index in [9.17, 15) is 9.59 Å². The smallest absolute Gasteiger partial charge is 0.274 e. The summed E-state index contributed by atoms with van der Waals surface area (Å²) in [6.07, 6.45) is 5.92. The molecule has 2 fully saturated rings. The minimum Gasteiger partial charge on any atom is -0.338 e. The number of nitrogens with one attached hydrogen (secondary N) is 1. The van der Waals surface area contributed by atoms with Crippen LogP contribution in [0.25, 0.3) is 0 Å². The van der Waals surface area contributed by atoms with Crippen LogP contribution in [0.4, 0.5) is 0 Å².